The fourth-order valence-electron chi connectivity index (χ4n) is 3.31. The second kappa shape index (κ2) is 6.67. The van der Waals surface area contributed by atoms with Crippen molar-refractivity contribution in [2.75, 3.05) is 0 Å². The van der Waals surface area contributed by atoms with Crippen LogP contribution in [-0.2, 0) is 6.54 Å². The van der Waals surface area contributed by atoms with Crippen molar-refractivity contribution in [1.29, 1.82) is 0 Å². The maximum atomic E-state index is 6.98. The predicted octanol–water partition coefficient (Wildman–Crippen LogP) is 6.57. The van der Waals surface area contributed by atoms with Crippen LogP contribution in [0.15, 0.2) is 23.2 Å². The molecule has 0 bridgehead atoms. The largest absolute Gasteiger partial charge is 0.301 e. The molecule has 1 nitrogen and oxygen atoms in total. The third kappa shape index (κ3) is 3.35. The fraction of sp³-hybridized carbons (Fsp3) is 0.579. The van der Waals surface area contributed by atoms with Crippen molar-refractivity contribution in [2.24, 2.45) is 5.92 Å². The summed E-state index contributed by atoms with van der Waals surface area (Å²) >= 11 is 26.4. The van der Waals surface area contributed by atoms with Gasteiger partial charge in [0.25, 0.3) is 0 Å². The summed E-state index contributed by atoms with van der Waals surface area (Å²) in [6, 6.07) is 3.96. The van der Waals surface area contributed by atoms with Crippen LogP contribution in [0.3, 0.4) is 0 Å². The molecule has 0 fully saturated rings. The Kier molecular flexibility index (Phi) is 5.67. The topological polar surface area (TPSA) is 12.0 Å². The quantitative estimate of drug-likeness (QED) is 0.557. The van der Waals surface area contributed by atoms with Crippen LogP contribution in [0.25, 0.3) is 0 Å². The molecule has 0 aliphatic heterocycles. The van der Waals surface area contributed by atoms with Crippen LogP contribution in [0.2, 0.25) is 5.02 Å². The SMILES string of the molecule is Cc1cc(Cl)cc(CNC2(C)C(Cl)=CC(C)(Cl)C(C)C2(C)Cl)c1C. The second-order valence-electron chi connectivity index (χ2n) is 7.43. The van der Waals surface area contributed by atoms with Gasteiger partial charge in [-0.1, -0.05) is 30.1 Å². The van der Waals surface area contributed by atoms with Crippen LogP contribution in [0.5, 0.6) is 0 Å². The molecule has 1 aliphatic rings. The molecule has 0 heterocycles. The van der Waals surface area contributed by atoms with Crippen molar-refractivity contribution >= 4 is 46.4 Å². The lowest BCUT2D eigenvalue weighted by molar-refractivity contribution is 0.215. The zero-order chi connectivity index (χ0) is 18.5. The molecule has 0 saturated heterocycles. The first-order valence-corrected chi connectivity index (χ1v) is 9.61. The minimum atomic E-state index is -0.642. The Labute approximate surface area is 165 Å². The Balaban J connectivity index is 2.38. The van der Waals surface area contributed by atoms with Crippen LogP contribution in [-0.4, -0.2) is 15.3 Å². The number of aryl methyl sites for hydroxylation is 1. The number of hydrogen-bond acceptors (Lipinski definition) is 1. The molecule has 0 radical (unpaired) electrons. The molecule has 134 valence electrons. The summed E-state index contributed by atoms with van der Waals surface area (Å²) in [4.78, 5) is -1.21. The molecule has 5 heteroatoms. The third-order valence-corrected chi connectivity index (χ3v) is 7.74. The Hall–Kier alpha value is 0.0800. The van der Waals surface area contributed by atoms with Gasteiger partial charge >= 0.3 is 0 Å². The molecule has 4 unspecified atom stereocenters. The van der Waals surface area contributed by atoms with Gasteiger partial charge in [0.2, 0.25) is 0 Å². The van der Waals surface area contributed by atoms with Crippen LogP contribution >= 0.6 is 46.4 Å². The number of hydrogen-bond donors (Lipinski definition) is 1. The lowest BCUT2D eigenvalue weighted by Crippen LogP contribution is -2.64. The number of halogens is 4. The van der Waals surface area contributed by atoms with Gasteiger partial charge in [-0.25, -0.2) is 0 Å². The zero-order valence-corrected chi connectivity index (χ0v) is 18.1. The maximum Gasteiger partial charge on any atom is 0.0708 e. The molecule has 0 spiro atoms. The minimum Gasteiger partial charge on any atom is -0.301 e. The van der Waals surface area contributed by atoms with Gasteiger partial charge in [-0.3, -0.25) is 0 Å². The normalized spacial score (nSPS) is 36.6. The van der Waals surface area contributed by atoms with Gasteiger partial charge in [-0.05, 0) is 75.4 Å². The Morgan fingerprint density at radius 3 is 2.25 bits per heavy atom. The van der Waals surface area contributed by atoms with Crippen molar-refractivity contribution in [2.45, 2.75) is 63.4 Å². The Morgan fingerprint density at radius 1 is 1.08 bits per heavy atom. The van der Waals surface area contributed by atoms with E-state index < -0.39 is 15.3 Å². The number of allylic oxidation sites excluding steroid dienone is 1. The van der Waals surface area contributed by atoms with Gasteiger partial charge in [0, 0.05) is 16.6 Å². The summed E-state index contributed by atoms with van der Waals surface area (Å²) in [5, 5.41) is 4.95. The van der Waals surface area contributed by atoms with Gasteiger partial charge < -0.3 is 5.32 Å². The van der Waals surface area contributed by atoms with E-state index in [4.69, 9.17) is 46.4 Å². The van der Waals surface area contributed by atoms with Gasteiger partial charge in [-0.15, -0.1) is 23.2 Å². The lowest BCUT2D eigenvalue weighted by Gasteiger charge is -2.53. The van der Waals surface area contributed by atoms with E-state index in [1.165, 1.54) is 11.1 Å². The highest BCUT2D eigenvalue weighted by molar-refractivity contribution is 6.36. The summed E-state index contributed by atoms with van der Waals surface area (Å²) in [6.07, 6.45) is 1.91. The standard InChI is InChI=1S/C19H25Cl4N/c1-11-7-15(20)8-14(12(11)2)10-24-19(6)16(21)9-17(4,22)13(3)18(19,5)23/h7-9,13,24H,10H2,1-6H3. The fourth-order valence-corrected chi connectivity index (χ4v) is 4.98. The molecular weight excluding hydrogens is 384 g/mol. The number of rotatable bonds is 3. The van der Waals surface area contributed by atoms with Crippen LogP contribution in [0.1, 0.15) is 44.4 Å². The van der Waals surface area contributed by atoms with E-state index in [1.807, 2.05) is 39.0 Å². The summed E-state index contributed by atoms with van der Waals surface area (Å²) in [7, 11) is 0. The van der Waals surface area contributed by atoms with Crippen LogP contribution in [0, 0.1) is 19.8 Å². The average Bonchev–Trinajstić information content (AvgIpc) is 2.46. The maximum absolute atomic E-state index is 6.98. The van der Waals surface area contributed by atoms with Gasteiger partial charge in [0.05, 0.1) is 15.3 Å². The second-order valence-corrected chi connectivity index (χ2v) is 9.87. The first kappa shape index (κ1) is 20.4. The molecule has 0 amide bonds. The number of nitrogens with one attached hydrogen (secondary N) is 1. The highest BCUT2D eigenvalue weighted by atomic mass is 35.5. The summed E-state index contributed by atoms with van der Waals surface area (Å²) in [6.45, 7) is 12.8. The molecule has 1 aliphatic carbocycles. The Bertz CT molecular complexity index is 678. The molecule has 1 N–H and O–H groups in total. The van der Waals surface area contributed by atoms with E-state index >= 15 is 0 Å². The average molecular weight is 409 g/mol. The third-order valence-electron chi connectivity index (χ3n) is 5.90. The van der Waals surface area contributed by atoms with E-state index in [0.29, 0.717) is 11.6 Å². The van der Waals surface area contributed by atoms with Gasteiger partial charge in [-0.2, -0.15) is 0 Å². The molecule has 2 rings (SSSR count). The monoisotopic (exact) mass is 407 g/mol. The highest BCUT2D eigenvalue weighted by Gasteiger charge is 2.56. The number of alkyl halides is 2. The lowest BCUT2D eigenvalue weighted by atomic mass is 9.67. The molecule has 0 saturated carbocycles. The van der Waals surface area contributed by atoms with E-state index in [1.54, 1.807) is 0 Å². The molecule has 24 heavy (non-hydrogen) atoms. The summed E-state index contributed by atoms with van der Waals surface area (Å²) < 4.78 is 0. The zero-order valence-electron chi connectivity index (χ0n) is 15.0. The minimum absolute atomic E-state index is 0.0236. The van der Waals surface area contributed by atoms with E-state index in [9.17, 15) is 0 Å². The van der Waals surface area contributed by atoms with E-state index in [2.05, 4.69) is 26.1 Å². The van der Waals surface area contributed by atoms with Crippen molar-refractivity contribution in [3.8, 4) is 0 Å². The highest BCUT2D eigenvalue weighted by Crippen LogP contribution is 2.53. The van der Waals surface area contributed by atoms with Gasteiger partial charge in [0.1, 0.15) is 0 Å². The van der Waals surface area contributed by atoms with Crippen molar-refractivity contribution in [1.82, 2.24) is 5.32 Å². The Morgan fingerprint density at radius 2 is 1.67 bits per heavy atom. The summed E-state index contributed by atoms with van der Waals surface area (Å²) in [5.41, 5.74) is 2.94. The smallest absolute Gasteiger partial charge is 0.0708 e. The van der Waals surface area contributed by atoms with Crippen molar-refractivity contribution in [3.63, 3.8) is 0 Å². The van der Waals surface area contributed by atoms with Crippen molar-refractivity contribution < 1.29 is 0 Å². The first-order chi connectivity index (χ1) is 10.8. The number of benzene rings is 1. The summed E-state index contributed by atoms with van der Waals surface area (Å²) in [5.74, 6) is 0.0236. The van der Waals surface area contributed by atoms with Crippen molar-refractivity contribution in [3.05, 3.63) is 45.0 Å². The first-order valence-electron chi connectivity index (χ1n) is 8.10. The van der Waals surface area contributed by atoms with Crippen LogP contribution in [0.4, 0.5) is 0 Å². The van der Waals surface area contributed by atoms with E-state index in [0.717, 1.165) is 10.6 Å². The predicted molar refractivity (Wildman–Crippen MR) is 108 cm³/mol. The molecular formula is C19H25Cl4N. The van der Waals surface area contributed by atoms with Crippen LogP contribution < -0.4 is 5.32 Å². The van der Waals surface area contributed by atoms with Gasteiger partial charge in [0.15, 0.2) is 0 Å². The van der Waals surface area contributed by atoms with E-state index in [-0.39, 0.29) is 5.92 Å². The molecule has 1 aromatic carbocycles. The molecule has 4 atom stereocenters. The molecule has 1 aromatic rings. The molecule has 0 aromatic heterocycles.